The van der Waals surface area contributed by atoms with Crippen molar-refractivity contribution in [1.29, 1.82) is 0 Å². The maximum absolute atomic E-state index is 12.5. The molecule has 1 aromatic heterocycles. The van der Waals surface area contributed by atoms with E-state index in [2.05, 4.69) is 22.4 Å². The van der Waals surface area contributed by atoms with Crippen molar-refractivity contribution in [2.24, 2.45) is 0 Å². The van der Waals surface area contributed by atoms with Crippen molar-refractivity contribution in [3.63, 3.8) is 0 Å². The highest BCUT2D eigenvalue weighted by Crippen LogP contribution is 2.22. The molecule has 0 spiro atoms. The average molecular weight is 360 g/mol. The molecule has 1 saturated carbocycles. The van der Waals surface area contributed by atoms with Crippen molar-refractivity contribution in [3.05, 3.63) is 83.2 Å². The van der Waals surface area contributed by atoms with Gasteiger partial charge in [-0.1, -0.05) is 30.3 Å². The molecule has 1 aliphatic rings. The van der Waals surface area contributed by atoms with Crippen molar-refractivity contribution in [1.82, 2.24) is 10.3 Å². The van der Waals surface area contributed by atoms with E-state index in [1.54, 1.807) is 12.1 Å². The SMILES string of the molecule is O=C(O)/C(=C/C(=O)c1ccc2[nH]c(Cc3ccccc3)cc2c1)NC1CC1. The van der Waals surface area contributed by atoms with Gasteiger partial charge in [0.05, 0.1) is 0 Å². The minimum absolute atomic E-state index is 0.0403. The van der Waals surface area contributed by atoms with E-state index in [0.29, 0.717) is 5.56 Å². The van der Waals surface area contributed by atoms with E-state index >= 15 is 0 Å². The molecule has 27 heavy (non-hydrogen) atoms. The lowest BCUT2D eigenvalue weighted by atomic mass is 10.1. The van der Waals surface area contributed by atoms with Crippen LogP contribution in [0.15, 0.2) is 66.4 Å². The van der Waals surface area contributed by atoms with E-state index in [4.69, 9.17) is 0 Å². The third kappa shape index (κ3) is 4.08. The summed E-state index contributed by atoms with van der Waals surface area (Å²) in [5.41, 5.74) is 3.67. The number of aromatic nitrogens is 1. The number of carbonyl (C=O) groups is 2. The van der Waals surface area contributed by atoms with Crippen LogP contribution in [0.4, 0.5) is 0 Å². The molecule has 0 radical (unpaired) electrons. The number of aliphatic carboxylic acids is 1. The van der Waals surface area contributed by atoms with Gasteiger partial charge >= 0.3 is 5.97 Å². The quantitative estimate of drug-likeness (QED) is 0.444. The van der Waals surface area contributed by atoms with E-state index in [-0.39, 0.29) is 17.5 Å². The Morgan fingerprint density at radius 2 is 1.89 bits per heavy atom. The van der Waals surface area contributed by atoms with Crippen molar-refractivity contribution in [2.75, 3.05) is 0 Å². The smallest absolute Gasteiger partial charge is 0.352 e. The molecular weight excluding hydrogens is 340 g/mol. The Bertz CT molecular complexity index is 1030. The minimum Gasteiger partial charge on any atom is -0.477 e. The number of allylic oxidation sites excluding steroid dienone is 1. The summed E-state index contributed by atoms with van der Waals surface area (Å²) in [5.74, 6) is -1.42. The summed E-state index contributed by atoms with van der Waals surface area (Å²) >= 11 is 0. The fourth-order valence-corrected chi connectivity index (χ4v) is 3.08. The van der Waals surface area contributed by atoms with Gasteiger partial charge in [-0.2, -0.15) is 0 Å². The van der Waals surface area contributed by atoms with Crippen LogP contribution in [0.25, 0.3) is 10.9 Å². The number of benzene rings is 2. The summed E-state index contributed by atoms with van der Waals surface area (Å²) in [6.45, 7) is 0. The number of H-pyrrole nitrogens is 1. The van der Waals surface area contributed by atoms with Crippen LogP contribution in [0.1, 0.15) is 34.5 Å². The van der Waals surface area contributed by atoms with Gasteiger partial charge in [-0.05, 0) is 42.7 Å². The molecule has 0 atom stereocenters. The number of hydrogen-bond donors (Lipinski definition) is 3. The predicted octanol–water partition coefficient (Wildman–Crippen LogP) is 3.66. The molecule has 0 aliphatic heterocycles. The van der Waals surface area contributed by atoms with Crippen molar-refractivity contribution in [2.45, 2.75) is 25.3 Å². The second-order valence-electron chi connectivity index (χ2n) is 6.91. The first-order chi connectivity index (χ1) is 13.1. The van der Waals surface area contributed by atoms with Gasteiger partial charge in [0.15, 0.2) is 5.78 Å². The van der Waals surface area contributed by atoms with Gasteiger partial charge in [-0.3, -0.25) is 4.79 Å². The first-order valence-corrected chi connectivity index (χ1v) is 9.00. The average Bonchev–Trinajstić information content (AvgIpc) is 3.38. The molecule has 136 valence electrons. The van der Waals surface area contributed by atoms with Gasteiger partial charge in [0.1, 0.15) is 5.70 Å². The van der Waals surface area contributed by atoms with Gasteiger partial charge in [-0.25, -0.2) is 4.79 Å². The van der Waals surface area contributed by atoms with Crippen LogP contribution in [0.5, 0.6) is 0 Å². The lowest BCUT2D eigenvalue weighted by Gasteiger charge is -2.04. The van der Waals surface area contributed by atoms with Crippen LogP contribution >= 0.6 is 0 Å². The number of nitrogens with one attached hydrogen (secondary N) is 2. The summed E-state index contributed by atoms with van der Waals surface area (Å²) in [6, 6.07) is 17.8. The highest BCUT2D eigenvalue weighted by Gasteiger charge is 2.24. The topological polar surface area (TPSA) is 82.2 Å². The Hall–Kier alpha value is -3.34. The van der Waals surface area contributed by atoms with E-state index in [1.165, 1.54) is 11.6 Å². The zero-order chi connectivity index (χ0) is 18.8. The Morgan fingerprint density at radius 1 is 1.11 bits per heavy atom. The Kier molecular flexibility index (Phi) is 4.50. The summed E-state index contributed by atoms with van der Waals surface area (Å²) in [6.07, 6.45) is 3.85. The molecule has 5 heteroatoms. The monoisotopic (exact) mass is 360 g/mol. The first kappa shape index (κ1) is 17.1. The van der Waals surface area contributed by atoms with Crippen molar-refractivity contribution < 1.29 is 14.7 Å². The van der Waals surface area contributed by atoms with Crippen LogP contribution in [-0.2, 0) is 11.2 Å². The maximum atomic E-state index is 12.5. The summed E-state index contributed by atoms with van der Waals surface area (Å²) < 4.78 is 0. The summed E-state index contributed by atoms with van der Waals surface area (Å²) in [5, 5.41) is 13.1. The normalized spacial score (nSPS) is 14.3. The second-order valence-corrected chi connectivity index (χ2v) is 6.91. The van der Waals surface area contributed by atoms with Crippen LogP contribution in [0.2, 0.25) is 0 Å². The molecule has 4 rings (SSSR count). The number of carbonyl (C=O) groups excluding carboxylic acids is 1. The lowest BCUT2D eigenvalue weighted by molar-refractivity contribution is -0.133. The predicted molar refractivity (Wildman–Crippen MR) is 104 cm³/mol. The fourth-order valence-electron chi connectivity index (χ4n) is 3.08. The van der Waals surface area contributed by atoms with Crippen molar-refractivity contribution >= 4 is 22.7 Å². The van der Waals surface area contributed by atoms with E-state index in [0.717, 1.165) is 35.9 Å². The van der Waals surface area contributed by atoms with Gasteiger partial charge in [-0.15, -0.1) is 0 Å². The van der Waals surface area contributed by atoms with Gasteiger partial charge < -0.3 is 15.4 Å². The molecule has 3 N–H and O–H groups in total. The highest BCUT2D eigenvalue weighted by molar-refractivity contribution is 6.09. The van der Waals surface area contributed by atoms with Crippen LogP contribution in [0, 0.1) is 0 Å². The van der Waals surface area contributed by atoms with Crippen LogP contribution < -0.4 is 5.32 Å². The fraction of sp³-hybridized carbons (Fsp3) is 0.182. The largest absolute Gasteiger partial charge is 0.477 e. The van der Waals surface area contributed by atoms with E-state index in [1.807, 2.05) is 30.3 Å². The number of rotatable bonds is 7. The van der Waals surface area contributed by atoms with Crippen molar-refractivity contribution in [3.8, 4) is 0 Å². The molecule has 1 aliphatic carbocycles. The standard InChI is InChI=1S/C22H20N2O3/c25-21(13-20(22(26)27)23-17-7-8-17)15-6-9-19-16(11-15)12-18(24-19)10-14-4-2-1-3-5-14/h1-6,9,11-13,17,23-24H,7-8,10H2,(H,26,27)/b20-13-. The zero-order valence-electron chi connectivity index (χ0n) is 14.7. The zero-order valence-corrected chi connectivity index (χ0v) is 14.7. The second kappa shape index (κ2) is 7.11. The van der Waals surface area contributed by atoms with Crippen LogP contribution in [0.3, 0.4) is 0 Å². The summed E-state index contributed by atoms with van der Waals surface area (Å²) in [4.78, 5) is 27.2. The van der Waals surface area contributed by atoms with Gasteiger partial charge in [0, 0.05) is 40.7 Å². The Balaban J connectivity index is 1.57. The van der Waals surface area contributed by atoms with E-state index < -0.39 is 5.97 Å². The number of fused-ring (bicyclic) bond motifs is 1. The van der Waals surface area contributed by atoms with Gasteiger partial charge in [0.25, 0.3) is 0 Å². The lowest BCUT2D eigenvalue weighted by Crippen LogP contribution is -2.23. The highest BCUT2D eigenvalue weighted by atomic mass is 16.4. The number of aromatic amines is 1. The number of carboxylic acids is 1. The molecule has 5 nitrogen and oxygen atoms in total. The first-order valence-electron chi connectivity index (χ1n) is 9.00. The molecule has 0 saturated heterocycles. The Labute approximate surface area is 156 Å². The third-order valence-electron chi connectivity index (χ3n) is 4.64. The third-order valence-corrected chi connectivity index (χ3v) is 4.64. The van der Waals surface area contributed by atoms with Gasteiger partial charge in [0.2, 0.25) is 0 Å². The maximum Gasteiger partial charge on any atom is 0.352 e. The number of hydrogen-bond acceptors (Lipinski definition) is 3. The Morgan fingerprint density at radius 3 is 2.59 bits per heavy atom. The summed E-state index contributed by atoms with van der Waals surface area (Å²) in [7, 11) is 0. The molecule has 0 amide bonds. The molecule has 0 bridgehead atoms. The number of ketones is 1. The molecule has 2 aromatic carbocycles. The molecule has 0 unspecified atom stereocenters. The molecule has 1 heterocycles. The molecular formula is C22H20N2O3. The van der Waals surface area contributed by atoms with E-state index in [9.17, 15) is 14.7 Å². The molecule has 3 aromatic rings. The minimum atomic E-state index is -1.11. The number of carboxylic acid groups (broad SMARTS) is 1. The van der Waals surface area contributed by atoms with Crippen LogP contribution in [-0.4, -0.2) is 27.9 Å². The molecule has 1 fully saturated rings.